The van der Waals surface area contributed by atoms with E-state index >= 15 is 0 Å². The van der Waals surface area contributed by atoms with Crippen LogP contribution in [0.1, 0.15) is 27.0 Å². The van der Waals surface area contributed by atoms with Gasteiger partial charge in [-0.2, -0.15) is 5.10 Å². The van der Waals surface area contributed by atoms with Crippen LogP contribution in [0, 0.1) is 13.8 Å². The van der Waals surface area contributed by atoms with Crippen molar-refractivity contribution in [3.8, 4) is 0 Å². The number of halogens is 1. The van der Waals surface area contributed by atoms with Crippen LogP contribution in [-0.2, 0) is 0 Å². The van der Waals surface area contributed by atoms with E-state index in [2.05, 4.69) is 10.5 Å². The molecule has 0 bridgehead atoms. The van der Waals surface area contributed by atoms with E-state index in [9.17, 15) is 4.79 Å². The molecule has 0 spiro atoms. The summed E-state index contributed by atoms with van der Waals surface area (Å²) in [4.78, 5) is 11.9. The van der Waals surface area contributed by atoms with Gasteiger partial charge < -0.3 is 0 Å². The van der Waals surface area contributed by atoms with Crippen molar-refractivity contribution in [3.05, 3.63) is 69.7 Å². The van der Waals surface area contributed by atoms with E-state index < -0.39 is 0 Å². The van der Waals surface area contributed by atoms with Crippen LogP contribution in [0.15, 0.2) is 47.6 Å². The number of hydrogen-bond donors (Lipinski definition) is 1. The van der Waals surface area contributed by atoms with E-state index in [-0.39, 0.29) is 5.91 Å². The molecule has 0 atom stereocenters. The van der Waals surface area contributed by atoms with Crippen molar-refractivity contribution in [3.63, 3.8) is 0 Å². The van der Waals surface area contributed by atoms with E-state index in [1.165, 1.54) is 0 Å². The van der Waals surface area contributed by atoms with Gasteiger partial charge in [-0.15, -0.1) is 0 Å². The monoisotopic (exact) mass is 286 g/mol. The Labute approximate surface area is 123 Å². The molecule has 0 aromatic heterocycles. The van der Waals surface area contributed by atoms with Crippen LogP contribution in [0.2, 0.25) is 5.02 Å². The molecular weight excluding hydrogens is 272 g/mol. The molecule has 2 rings (SSSR count). The van der Waals surface area contributed by atoms with E-state index in [0.717, 1.165) is 16.7 Å². The molecular formula is C16H15ClN2O. The van der Waals surface area contributed by atoms with Crippen molar-refractivity contribution < 1.29 is 4.79 Å². The minimum Gasteiger partial charge on any atom is -0.267 e. The topological polar surface area (TPSA) is 41.5 Å². The van der Waals surface area contributed by atoms with Crippen molar-refractivity contribution in [1.29, 1.82) is 0 Å². The Hall–Kier alpha value is -2.13. The summed E-state index contributed by atoms with van der Waals surface area (Å²) in [6.45, 7) is 3.91. The van der Waals surface area contributed by atoms with Crippen molar-refractivity contribution in [2.24, 2.45) is 5.10 Å². The highest BCUT2D eigenvalue weighted by Gasteiger charge is 2.08. The molecule has 2 aromatic rings. The molecule has 102 valence electrons. The lowest BCUT2D eigenvalue weighted by atomic mass is 10.1. The summed E-state index contributed by atoms with van der Waals surface area (Å²) in [6, 6.07) is 13.1. The molecule has 4 heteroatoms. The summed E-state index contributed by atoms with van der Waals surface area (Å²) in [5.41, 5.74) is 5.96. The fraction of sp³-hybridized carbons (Fsp3) is 0.125. The number of nitrogens with one attached hydrogen (secondary N) is 1. The van der Waals surface area contributed by atoms with Gasteiger partial charge in [-0.25, -0.2) is 5.43 Å². The molecule has 0 aliphatic carbocycles. The maximum atomic E-state index is 11.9. The first-order valence-corrected chi connectivity index (χ1v) is 6.61. The average Bonchev–Trinajstić information content (AvgIpc) is 2.40. The van der Waals surface area contributed by atoms with E-state index in [1.54, 1.807) is 18.3 Å². The maximum absolute atomic E-state index is 11.9. The molecule has 0 fully saturated rings. The third-order valence-corrected chi connectivity index (χ3v) is 3.24. The Balaban J connectivity index is 2.07. The lowest BCUT2D eigenvalue weighted by Crippen LogP contribution is -2.18. The van der Waals surface area contributed by atoms with Gasteiger partial charge in [-0.3, -0.25) is 4.79 Å². The molecule has 0 saturated carbocycles. The normalized spacial score (nSPS) is 10.8. The zero-order valence-electron chi connectivity index (χ0n) is 11.4. The second-order valence-electron chi connectivity index (χ2n) is 4.54. The van der Waals surface area contributed by atoms with Crippen LogP contribution in [0.25, 0.3) is 0 Å². The van der Waals surface area contributed by atoms with Gasteiger partial charge in [0.1, 0.15) is 0 Å². The van der Waals surface area contributed by atoms with Crippen LogP contribution in [-0.4, -0.2) is 12.1 Å². The Morgan fingerprint density at radius 3 is 2.65 bits per heavy atom. The van der Waals surface area contributed by atoms with E-state index in [0.29, 0.717) is 10.6 Å². The van der Waals surface area contributed by atoms with Crippen LogP contribution in [0.4, 0.5) is 0 Å². The zero-order chi connectivity index (χ0) is 14.5. The smallest absolute Gasteiger partial charge is 0.267 e. The molecule has 1 N–H and O–H groups in total. The summed E-state index contributed by atoms with van der Waals surface area (Å²) >= 11 is 6.03. The van der Waals surface area contributed by atoms with Crippen molar-refractivity contribution in [1.82, 2.24) is 5.43 Å². The highest BCUT2D eigenvalue weighted by Crippen LogP contribution is 2.17. The predicted molar refractivity (Wildman–Crippen MR) is 82.4 cm³/mol. The van der Waals surface area contributed by atoms with E-state index in [4.69, 9.17) is 11.6 Å². The van der Waals surface area contributed by atoms with Crippen LogP contribution in [0.5, 0.6) is 0 Å². The number of carbonyl (C=O) groups is 1. The first-order chi connectivity index (χ1) is 9.58. The maximum Gasteiger partial charge on any atom is 0.272 e. The Bertz CT molecular complexity index is 665. The van der Waals surface area contributed by atoms with Crippen molar-refractivity contribution in [2.75, 3.05) is 0 Å². The van der Waals surface area contributed by atoms with Gasteiger partial charge >= 0.3 is 0 Å². The van der Waals surface area contributed by atoms with Gasteiger partial charge in [0.2, 0.25) is 0 Å². The third-order valence-electron chi connectivity index (χ3n) is 2.93. The Kier molecular flexibility index (Phi) is 4.53. The second-order valence-corrected chi connectivity index (χ2v) is 4.95. The Morgan fingerprint density at radius 1 is 1.20 bits per heavy atom. The number of rotatable bonds is 3. The lowest BCUT2D eigenvalue weighted by molar-refractivity contribution is 0.0955. The molecule has 0 unspecified atom stereocenters. The fourth-order valence-corrected chi connectivity index (χ4v) is 2.08. The summed E-state index contributed by atoms with van der Waals surface area (Å²) < 4.78 is 0. The van der Waals surface area contributed by atoms with Crippen LogP contribution < -0.4 is 5.43 Å². The highest BCUT2D eigenvalue weighted by molar-refractivity contribution is 6.33. The number of benzene rings is 2. The molecule has 2 aromatic carbocycles. The van der Waals surface area contributed by atoms with Gasteiger partial charge in [0.05, 0.1) is 16.8 Å². The molecule has 0 saturated heterocycles. The SMILES string of the molecule is Cc1ccc(C(=O)N/N=C/c2ccccc2C)c(Cl)c1. The number of amides is 1. The fourth-order valence-electron chi connectivity index (χ4n) is 1.76. The molecule has 1 amide bonds. The lowest BCUT2D eigenvalue weighted by Gasteiger charge is -2.03. The number of aryl methyl sites for hydroxylation is 2. The summed E-state index contributed by atoms with van der Waals surface area (Å²) in [5, 5.41) is 4.38. The number of carbonyl (C=O) groups excluding carboxylic acids is 1. The molecule has 0 aliphatic rings. The Morgan fingerprint density at radius 2 is 1.95 bits per heavy atom. The van der Waals surface area contributed by atoms with Gasteiger partial charge in [0.25, 0.3) is 5.91 Å². The molecule has 20 heavy (non-hydrogen) atoms. The van der Waals surface area contributed by atoms with Gasteiger partial charge in [-0.1, -0.05) is 41.9 Å². The first-order valence-electron chi connectivity index (χ1n) is 6.23. The van der Waals surface area contributed by atoms with E-state index in [1.807, 2.05) is 44.2 Å². The van der Waals surface area contributed by atoms with Gasteiger partial charge in [0, 0.05) is 0 Å². The number of nitrogens with zero attached hydrogens (tertiary/aromatic N) is 1. The number of hydrogen-bond acceptors (Lipinski definition) is 2. The molecule has 0 radical (unpaired) electrons. The van der Waals surface area contributed by atoms with Crippen molar-refractivity contribution >= 4 is 23.7 Å². The number of hydrazone groups is 1. The summed E-state index contributed by atoms with van der Waals surface area (Å²) in [6.07, 6.45) is 1.62. The molecule has 0 heterocycles. The molecule has 3 nitrogen and oxygen atoms in total. The van der Waals surface area contributed by atoms with Crippen LogP contribution >= 0.6 is 11.6 Å². The molecule has 0 aliphatic heterocycles. The standard InChI is InChI=1S/C16H15ClN2O/c1-11-7-8-14(15(17)9-11)16(20)19-18-10-13-6-4-3-5-12(13)2/h3-10H,1-2H3,(H,19,20)/b18-10+. The van der Waals surface area contributed by atoms with Gasteiger partial charge in [-0.05, 0) is 42.7 Å². The predicted octanol–water partition coefficient (Wildman–Crippen LogP) is 3.72. The first kappa shape index (κ1) is 14.3. The average molecular weight is 287 g/mol. The summed E-state index contributed by atoms with van der Waals surface area (Å²) in [7, 11) is 0. The van der Waals surface area contributed by atoms with Gasteiger partial charge in [0.15, 0.2) is 0 Å². The second kappa shape index (κ2) is 6.35. The minimum atomic E-state index is -0.320. The zero-order valence-corrected chi connectivity index (χ0v) is 12.1. The largest absolute Gasteiger partial charge is 0.272 e. The van der Waals surface area contributed by atoms with Crippen LogP contribution in [0.3, 0.4) is 0 Å². The minimum absolute atomic E-state index is 0.320. The quantitative estimate of drug-likeness (QED) is 0.678. The third kappa shape index (κ3) is 3.45. The highest BCUT2D eigenvalue weighted by atomic mass is 35.5. The van der Waals surface area contributed by atoms with Crippen molar-refractivity contribution in [2.45, 2.75) is 13.8 Å². The summed E-state index contributed by atoms with van der Waals surface area (Å²) in [5.74, 6) is -0.320.